The highest BCUT2D eigenvalue weighted by atomic mass is 32.1. The van der Waals surface area contributed by atoms with Gasteiger partial charge in [-0.15, -0.1) is 11.3 Å². The molecule has 3 aromatic heterocycles. The molecule has 0 saturated carbocycles. The van der Waals surface area contributed by atoms with Gasteiger partial charge in [0.15, 0.2) is 0 Å². The Morgan fingerprint density at radius 2 is 2.24 bits per heavy atom. The predicted octanol–water partition coefficient (Wildman–Crippen LogP) is 3.70. The monoisotopic (exact) mass is 303 g/mol. The number of hydrogen-bond acceptors (Lipinski definition) is 6. The van der Waals surface area contributed by atoms with Crippen LogP contribution in [0.5, 0.6) is 0 Å². The Morgan fingerprint density at radius 1 is 1.38 bits per heavy atom. The summed E-state index contributed by atoms with van der Waals surface area (Å²) in [6.45, 7) is 4.47. The molecule has 110 valence electrons. The Kier molecular flexibility index (Phi) is 3.90. The number of fused-ring (bicyclic) bond motifs is 1. The van der Waals surface area contributed by atoms with Crippen LogP contribution in [0.1, 0.15) is 23.2 Å². The number of nitrogens with one attached hydrogen (secondary N) is 1. The highest BCUT2D eigenvalue weighted by Gasteiger charge is 2.18. The summed E-state index contributed by atoms with van der Waals surface area (Å²) in [4.78, 5) is 10.0. The summed E-state index contributed by atoms with van der Waals surface area (Å²) in [7, 11) is 1.67. The molecular formula is C15H17N3O2S. The molecule has 0 aliphatic rings. The van der Waals surface area contributed by atoms with Gasteiger partial charge in [0.1, 0.15) is 28.3 Å². The minimum absolute atomic E-state index is 0.0817. The van der Waals surface area contributed by atoms with E-state index in [0.29, 0.717) is 6.61 Å². The van der Waals surface area contributed by atoms with E-state index in [1.165, 1.54) is 5.56 Å². The van der Waals surface area contributed by atoms with Gasteiger partial charge in [-0.1, -0.05) is 0 Å². The van der Waals surface area contributed by atoms with Gasteiger partial charge >= 0.3 is 0 Å². The number of methoxy groups -OCH3 is 1. The first-order chi connectivity index (χ1) is 10.2. The van der Waals surface area contributed by atoms with Crippen molar-refractivity contribution in [3.8, 4) is 0 Å². The predicted molar refractivity (Wildman–Crippen MR) is 83.8 cm³/mol. The number of aromatic nitrogens is 2. The lowest BCUT2D eigenvalue weighted by Gasteiger charge is -2.17. The van der Waals surface area contributed by atoms with Crippen LogP contribution in [-0.4, -0.2) is 23.7 Å². The number of nitrogens with zero attached hydrogens (tertiary/aromatic N) is 2. The van der Waals surface area contributed by atoms with Crippen molar-refractivity contribution in [1.29, 1.82) is 0 Å². The third-order valence-corrected chi connectivity index (χ3v) is 4.25. The van der Waals surface area contributed by atoms with Crippen LogP contribution >= 0.6 is 11.3 Å². The maximum Gasteiger partial charge on any atom is 0.139 e. The molecule has 0 spiro atoms. The third kappa shape index (κ3) is 2.77. The minimum atomic E-state index is -0.0817. The quantitative estimate of drug-likeness (QED) is 0.778. The van der Waals surface area contributed by atoms with Gasteiger partial charge in [-0.25, -0.2) is 9.97 Å². The average molecular weight is 303 g/mol. The van der Waals surface area contributed by atoms with Crippen molar-refractivity contribution < 1.29 is 9.15 Å². The molecule has 3 heterocycles. The second-order valence-corrected chi connectivity index (χ2v) is 5.74. The molecular weight excluding hydrogens is 286 g/mol. The van der Waals surface area contributed by atoms with E-state index in [0.717, 1.165) is 27.6 Å². The molecule has 3 rings (SSSR count). The van der Waals surface area contributed by atoms with Crippen molar-refractivity contribution >= 4 is 27.4 Å². The fraction of sp³-hybridized carbons (Fsp3) is 0.333. The minimum Gasteiger partial charge on any atom is -0.467 e. The lowest BCUT2D eigenvalue weighted by atomic mass is 10.2. The molecule has 0 radical (unpaired) electrons. The zero-order chi connectivity index (χ0) is 14.8. The fourth-order valence-electron chi connectivity index (χ4n) is 2.31. The number of ether oxygens (including phenoxy) is 1. The van der Waals surface area contributed by atoms with Crippen molar-refractivity contribution in [3.05, 3.63) is 40.9 Å². The summed E-state index contributed by atoms with van der Waals surface area (Å²) in [5, 5.41) is 6.60. The van der Waals surface area contributed by atoms with E-state index >= 15 is 0 Å². The molecule has 21 heavy (non-hydrogen) atoms. The topological polar surface area (TPSA) is 60.2 Å². The smallest absolute Gasteiger partial charge is 0.139 e. The van der Waals surface area contributed by atoms with Gasteiger partial charge in [-0.3, -0.25) is 0 Å². The van der Waals surface area contributed by atoms with Gasteiger partial charge in [0.25, 0.3) is 0 Å². The molecule has 0 amide bonds. The van der Waals surface area contributed by atoms with Crippen LogP contribution in [0.4, 0.5) is 5.82 Å². The summed E-state index contributed by atoms with van der Waals surface area (Å²) in [5.41, 5.74) is 1.17. The van der Waals surface area contributed by atoms with Crippen LogP contribution < -0.4 is 5.32 Å². The first-order valence-electron chi connectivity index (χ1n) is 6.70. The lowest BCUT2D eigenvalue weighted by molar-refractivity contribution is 0.178. The van der Waals surface area contributed by atoms with Crippen LogP contribution in [0.2, 0.25) is 0 Å². The molecule has 0 aromatic carbocycles. The van der Waals surface area contributed by atoms with Crippen molar-refractivity contribution in [1.82, 2.24) is 9.97 Å². The molecule has 1 N–H and O–H groups in total. The maximum atomic E-state index is 5.49. The Morgan fingerprint density at radius 3 is 2.95 bits per heavy atom. The maximum absolute atomic E-state index is 5.49. The molecule has 0 saturated heterocycles. The SMILES string of the molecule is COCC(Nc1nc(C)nc2scc(C)c12)c1ccco1. The standard InChI is InChI=1S/C15H17N3O2S/c1-9-8-21-15-13(9)14(16-10(2)17-15)18-11(7-19-3)12-5-4-6-20-12/h4-6,8,11H,7H2,1-3H3,(H,16,17,18). The van der Waals surface area contributed by atoms with Crippen LogP contribution in [0.3, 0.4) is 0 Å². The Bertz CT molecular complexity index is 737. The number of anilines is 1. The second-order valence-electron chi connectivity index (χ2n) is 4.89. The zero-order valence-electron chi connectivity index (χ0n) is 12.2. The van der Waals surface area contributed by atoms with Gasteiger partial charge in [0, 0.05) is 7.11 Å². The number of furan rings is 1. The third-order valence-electron chi connectivity index (χ3n) is 3.26. The van der Waals surface area contributed by atoms with Crippen molar-refractivity contribution in [2.24, 2.45) is 0 Å². The normalized spacial score (nSPS) is 12.7. The summed E-state index contributed by atoms with van der Waals surface area (Å²) in [5.74, 6) is 2.41. The van der Waals surface area contributed by atoms with E-state index in [-0.39, 0.29) is 6.04 Å². The molecule has 1 atom stereocenters. The molecule has 3 aromatic rings. The van der Waals surface area contributed by atoms with Gasteiger partial charge in [0.2, 0.25) is 0 Å². The lowest BCUT2D eigenvalue weighted by Crippen LogP contribution is -2.17. The van der Waals surface area contributed by atoms with E-state index in [1.54, 1.807) is 24.7 Å². The van der Waals surface area contributed by atoms with Crippen LogP contribution in [0.15, 0.2) is 28.2 Å². The van der Waals surface area contributed by atoms with E-state index < -0.39 is 0 Å². The average Bonchev–Trinajstić information content (AvgIpc) is 3.08. The highest BCUT2D eigenvalue weighted by molar-refractivity contribution is 7.17. The van der Waals surface area contributed by atoms with E-state index in [4.69, 9.17) is 9.15 Å². The Hall–Kier alpha value is -1.92. The molecule has 0 bridgehead atoms. The number of aryl methyl sites for hydroxylation is 2. The van der Waals surface area contributed by atoms with Crippen LogP contribution in [-0.2, 0) is 4.74 Å². The van der Waals surface area contributed by atoms with Gasteiger partial charge in [0.05, 0.1) is 18.3 Å². The van der Waals surface area contributed by atoms with Crippen molar-refractivity contribution in [3.63, 3.8) is 0 Å². The summed E-state index contributed by atoms with van der Waals surface area (Å²) in [6, 6.07) is 3.72. The summed E-state index contributed by atoms with van der Waals surface area (Å²) >= 11 is 1.63. The molecule has 0 fully saturated rings. The molecule has 0 aliphatic carbocycles. The van der Waals surface area contributed by atoms with E-state index in [9.17, 15) is 0 Å². The van der Waals surface area contributed by atoms with Gasteiger partial charge < -0.3 is 14.5 Å². The number of rotatable bonds is 5. The summed E-state index contributed by atoms with van der Waals surface area (Å²) < 4.78 is 10.8. The van der Waals surface area contributed by atoms with Gasteiger partial charge in [-0.2, -0.15) is 0 Å². The first-order valence-corrected chi connectivity index (χ1v) is 7.58. The van der Waals surface area contributed by atoms with Gasteiger partial charge in [-0.05, 0) is 36.9 Å². The highest BCUT2D eigenvalue weighted by Crippen LogP contribution is 2.31. The van der Waals surface area contributed by atoms with E-state index in [1.807, 2.05) is 19.1 Å². The van der Waals surface area contributed by atoms with Crippen LogP contribution in [0, 0.1) is 13.8 Å². The van der Waals surface area contributed by atoms with Crippen molar-refractivity contribution in [2.75, 3.05) is 19.0 Å². The molecule has 5 nitrogen and oxygen atoms in total. The second kappa shape index (κ2) is 5.83. The fourth-order valence-corrected chi connectivity index (χ4v) is 3.28. The number of thiophene rings is 1. The molecule has 0 aliphatic heterocycles. The Balaban J connectivity index is 2.01. The van der Waals surface area contributed by atoms with Crippen molar-refractivity contribution in [2.45, 2.75) is 19.9 Å². The molecule has 6 heteroatoms. The first kappa shape index (κ1) is 14.0. The molecule has 1 unspecified atom stereocenters. The Labute approximate surface area is 127 Å². The largest absolute Gasteiger partial charge is 0.467 e. The van der Waals surface area contributed by atoms with Crippen LogP contribution in [0.25, 0.3) is 10.2 Å². The van der Waals surface area contributed by atoms with E-state index in [2.05, 4.69) is 27.6 Å². The summed E-state index contributed by atoms with van der Waals surface area (Å²) in [6.07, 6.45) is 1.66. The number of hydrogen-bond donors (Lipinski definition) is 1. The zero-order valence-corrected chi connectivity index (χ0v) is 13.0.